The van der Waals surface area contributed by atoms with E-state index < -0.39 is 29.0 Å². The minimum atomic E-state index is -4.00. The molecule has 0 aromatic rings. The van der Waals surface area contributed by atoms with Gasteiger partial charge in [-0.1, -0.05) is 6.42 Å². The van der Waals surface area contributed by atoms with Crippen molar-refractivity contribution in [2.75, 3.05) is 12.3 Å². The second-order valence-corrected chi connectivity index (χ2v) is 10.9. The number of sulfonamides is 1. The highest BCUT2D eigenvalue weighted by atomic mass is 32.2. The van der Waals surface area contributed by atoms with Gasteiger partial charge in [0.25, 0.3) is 0 Å². The third-order valence-corrected chi connectivity index (χ3v) is 6.57. The minimum absolute atomic E-state index is 0.141. The first-order valence-corrected chi connectivity index (χ1v) is 10.6. The lowest BCUT2D eigenvalue weighted by atomic mass is 10.2. The van der Waals surface area contributed by atoms with Gasteiger partial charge in [0.15, 0.2) is 0 Å². The van der Waals surface area contributed by atoms with Crippen LogP contribution in [0.2, 0.25) is 0 Å². The van der Waals surface area contributed by atoms with E-state index in [0.717, 1.165) is 6.42 Å². The van der Waals surface area contributed by atoms with E-state index >= 15 is 0 Å². The maximum atomic E-state index is 12.8. The van der Waals surface area contributed by atoms with Crippen LogP contribution >= 0.6 is 7.75 Å². The Morgan fingerprint density at radius 3 is 1.77 bits per heavy atom. The van der Waals surface area contributed by atoms with E-state index in [9.17, 15) is 13.0 Å². The van der Waals surface area contributed by atoms with Gasteiger partial charge in [-0.25, -0.2) is 13.0 Å². The molecule has 0 aromatic heterocycles. The molecule has 0 atom stereocenters. The SMILES string of the molecule is CC(C)(C)OP(=O)(NS(=O)(=O)CCCCCN)OC(C)(C)C. The van der Waals surface area contributed by atoms with Crippen LogP contribution < -0.4 is 10.2 Å². The van der Waals surface area contributed by atoms with E-state index in [1.54, 1.807) is 41.5 Å². The molecule has 0 aromatic carbocycles. The number of hydrogen-bond acceptors (Lipinski definition) is 6. The topological polar surface area (TPSA) is 108 Å². The summed E-state index contributed by atoms with van der Waals surface area (Å²) < 4.78 is 49.9. The van der Waals surface area contributed by atoms with Crippen LogP contribution in [0.25, 0.3) is 0 Å². The third-order valence-electron chi connectivity index (χ3n) is 2.16. The molecular weight excluding hydrogens is 327 g/mol. The fraction of sp³-hybridized carbons (Fsp3) is 1.00. The van der Waals surface area contributed by atoms with Gasteiger partial charge in [-0.3, -0.25) is 9.05 Å². The Morgan fingerprint density at radius 1 is 0.955 bits per heavy atom. The maximum absolute atomic E-state index is 12.8. The average molecular weight is 358 g/mol. The lowest BCUT2D eigenvalue weighted by Gasteiger charge is -2.31. The highest BCUT2D eigenvalue weighted by Gasteiger charge is 2.39. The average Bonchev–Trinajstić information content (AvgIpc) is 2.16. The summed E-state index contributed by atoms with van der Waals surface area (Å²) in [5.41, 5.74) is 3.74. The van der Waals surface area contributed by atoms with Gasteiger partial charge in [0.1, 0.15) is 0 Å². The van der Waals surface area contributed by atoms with Crippen LogP contribution in [0, 0.1) is 0 Å². The molecule has 0 unspecified atom stereocenters. The summed E-state index contributed by atoms with van der Waals surface area (Å²) in [6, 6.07) is 0. The number of hydrogen-bond donors (Lipinski definition) is 2. The molecule has 0 saturated heterocycles. The van der Waals surface area contributed by atoms with Gasteiger partial charge in [-0.15, -0.1) is 4.49 Å². The van der Waals surface area contributed by atoms with Crippen molar-refractivity contribution in [2.24, 2.45) is 5.73 Å². The first kappa shape index (κ1) is 22.0. The monoisotopic (exact) mass is 358 g/mol. The summed E-state index contributed by atoms with van der Waals surface area (Å²) in [4.78, 5) is 0. The minimum Gasteiger partial charge on any atom is -0.330 e. The summed E-state index contributed by atoms with van der Waals surface area (Å²) in [6.45, 7) is 10.6. The summed E-state index contributed by atoms with van der Waals surface area (Å²) >= 11 is 0. The zero-order chi connectivity index (χ0) is 17.7. The lowest BCUT2D eigenvalue weighted by molar-refractivity contribution is 0.0472. The van der Waals surface area contributed by atoms with E-state index in [0.29, 0.717) is 19.4 Å². The van der Waals surface area contributed by atoms with Crippen molar-refractivity contribution in [3.63, 3.8) is 0 Å². The van der Waals surface area contributed by atoms with E-state index in [1.807, 2.05) is 0 Å². The first-order chi connectivity index (χ1) is 9.68. The van der Waals surface area contributed by atoms with Crippen molar-refractivity contribution >= 4 is 17.8 Å². The smallest absolute Gasteiger partial charge is 0.330 e. The van der Waals surface area contributed by atoms with E-state index in [1.165, 1.54) is 0 Å². The molecule has 0 rings (SSSR count). The van der Waals surface area contributed by atoms with Crippen LogP contribution in [0.3, 0.4) is 0 Å². The predicted octanol–water partition coefficient (Wildman–Crippen LogP) is 2.77. The quantitative estimate of drug-likeness (QED) is 0.485. The number of unbranched alkanes of at least 4 members (excludes halogenated alkanes) is 2. The van der Waals surface area contributed by atoms with Gasteiger partial charge in [-0.05, 0) is 60.9 Å². The normalized spacial score (nSPS) is 14.3. The van der Waals surface area contributed by atoms with Crippen LogP contribution in [-0.2, 0) is 23.6 Å². The lowest BCUT2D eigenvalue weighted by Crippen LogP contribution is -2.33. The summed E-state index contributed by atoms with van der Waals surface area (Å²) in [5.74, 6) is -0.141. The number of nitrogens with one attached hydrogen (secondary N) is 1. The second kappa shape index (κ2) is 8.22. The largest absolute Gasteiger partial charge is 0.419 e. The molecule has 0 radical (unpaired) electrons. The molecule has 0 bridgehead atoms. The van der Waals surface area contributed by atoms with Crippen LogP contribution in [0.5, 0.6) is 0 Å². The molecule has 7 nitrogen and oxygen atoms in total. The molecule has 0 saturated carbocycles. The van der Waals surface area contributed by atoms with Crippen molar-refractivity contribution in [1.82, 2.24) is 4.49 Å². The van der Waals surface area contributed by atoms with Gasteiger partial charge in [0.2, 0.25) is 10.0 Å². The zero-order valence-corrected chi connectivity index (χ0v) is 16.2. The predicted molar refractivity (Wildman–Crippen MR) is 89.1 cm³/mol. The Bertz CT molecular complexity index is 460. The summed E-state index contributed by atoms with van der Waals surface area (Å²) in [6.07, 6.45) is 1.89. The van der Waals surface area contributed by atoms with Crippen molar-refractivity contribution in [3.8, 4) is 0 Å². The fourth-order valence-corrected chi connectivity index (χ4v) is 5.70. The standard InChI is InChI=1S/C13H31N2O5PS/c1-12(2,3)19-21(16,20-13(4,5)6)15-22(17,18)11-9-7-8-10-14/h7-11,14H2,1-6H3,(H,15,16). The van der Waals surface area contributed by atoms with E-state index in [4.69, 9.17) is 14.8 Å². The number of nitrogens with two attached hydrogens (primary N) is 1. The third kappa shape index (κ3) is 11.6. The Labute approximate surface area is 135 Å². The molecule has 0 aliphatic carbocycles. The van der Waals surface area contributed by atoms with Gasteiger partial charge in [-0.2, -0.15) is 0 Å². The highest BCUT2D eigenvalue weighted by molar-refractivity contribution is 7.94. The van der Waals surface area contributed by atoms with Gasteiger partial charge in [0.05, 0.1) is 17.0 Å². The van der Waals surface area contributed by atoms with Crippen molar-refractivity contribution in [3.05, 3.63) is 0 Å². The molecule has 0 heterocycles. The molecule has 9 heteroatoms. The molecule has 3 N–H and O–H groups in total. The van der Waals surface area contributed by atoms with Crippen molar-refractivity contribution < 1.29 is 22.0 Å². The molecule has 134 valence electrons. The molecule has 0 fully saturated rings. The first-order valence-electron chi connectivity index (χ1n) is 7.41. The molecule has 0 spiro atoms. The highest BCUT2D eigenvalue weighted by Crippen LogP contribution is 2.51. The van der Waals surface area contributed by atoms with Crippen LogP contribution in [-0.4, -0.2) is 31.9 Å². The fourth-order valence-electron chi connectivity index (χ4n) is 1.61. The van der Waals surface area contributed by atoms with Crippen LogP contribution in [0.15, 0.2) is 0 Å². The van der Waals surface area contributed by atoms with Crippen LogP contribution in [0.1, 0.15) is 60.8 Å². The second-order valence-electron chi connectivity index (χ2n) is 7.16. The van der Waals surface area contributed by atoms with Crippen LogP contribution in [0.4, 0.5) is 0 Å². The summed E-state index contributed by atoms with van der Waals surface area (Å²) in [7, 11) is -7.77. The molecule has 0 amide bonds. The summed E-state index contributed by atoms with van der Waals surface area (Å²) in [5, 5.41) is 0. The van der Waals surface area contributed by atoms with Crippen molar-refractivity contribution in [1.29, 1.82) is 0 Å². The van der Waals surface area contributed by atoms with E-state index in [2.05, 4.69) is 4.49 Å². The zero-order valence-electron chi connectivity index (χ0n) is 14.5. The van der Waals surface area contributed by atoms with Gasteiger partial charge >= 0.3 is 7.75 Å². The Hall–Kier alpha value is 0.0200. The molecule has 0 aliphatic rings. The Balaban J connectivity index is 5.01. The Morgan fingerprint density at radius 2 is 1.41 bits per heavy atom. The van der Waals surface area contributed by atoms with E-state index in [-0.39, 0.29) is 5.75 Å². The number of rotatable bonds is 9. The Kier molecular flexibility index (Phi) is 8.22. The molecular formula is C13H31N2O5PS. The molecule has 22 heavy (non-hydrogen) atoms. The maximum Gasteiger partial charge on any atom is 0.419 e. The van der Waals surface area contributed by atoms with Crippen molar-refractivity contribution in [2.45, 2.75) is 72.0 Å². The molecule has 0 aliphatic heterocycles. The van der Waals surface area contributed by atoms with Gasteiger partial charge < -0.3 is 5.73 Å². The van der Waals surface area contributed by atoms with Gasteiger partial charge in [0, 0.05) is 0 Å².